The van der Waals surface area contributed by atoms with Gasteiger partial charge in [0.2, 0.25) is 0 Å². The minimum absolute atomic E-state index is 0. The van der Waals surface area contributed by atoms with Gasteiger partial charge >= 0.3 is 0 Å². The van der Waals surface area contributed by atoms with E-state index in [1.54, 1.807) is 0 Å². The van der Waals surface area contributed by atoms with Gasteiger partial charge in [0.1, 0.15) is 4.33 Å². The first-order valence-corrected chi connectivity index (χ1v) is 4.49. The second-order valence-corrected chi connectivity index (χ2v) is 4.89. The standard InChI is InChI=1S/C7H10Cl2N2.ClH/c1-3-2-4(10)11-6-5(3)7(6,8)9;/h3,5-6H,2H2,1H3,(H2,10,11);1H/t3?,5-,6-;/m0./s1. The number of aliphatic imine (C=N–C) groups is 1. The fourth-order valence-electron chi connectivity index (χ4n) is 1.88. The third-order valence-corrected chi connectivity index (χ3v) is 3.47. The SMILES string of the molecule is CC1CC(N)=N[C@H]2[C@H]1C2(Cl)Cl.Cl. The molecular formula is C7H11Cl3N2. The molecule has 1 fully saturated rings. The van der Waals surface area contributed by atoms with Gasteiger partial charge in [-0.2, -0.15) is 0 Å². The number of rotatable bonds is 0. The van der Waals surface area contributed by atoms with Crippen molar-refractivity contribution in [3.8, 4) is 0 Å². The summed E-state index contributed by atoms with van der Waals surface area (Å²) in [5, 5.41) is 0. The fraction of sp³-hybridized carbons (Fsp3) is 0.857. The summed E-state index contributed by atoms with van der Waals surface area (Å²) in [6.45, 7) is 2.12. The lowest BCUT2D eigenvalue weighted by Crippen LogP contribution is -2.22. The van der Waals surface area contributed by atoms with E-state index in [0.29, 0.717) is 17.7 Å². The summed E-state index contributed by atoms with van der Waals surface area (Å²) in [7, 11) is 0. The van der Waals surface area contributed by atoms with Crippen molar-refractivity contribution in [2.75, 3.05) is 0 Å². The zero-order valence-corrected chi connectivity index (χ0v) is 8.96. The number of amidine groups is 1. The molecule has 2 nitrogen and oxygen atoms in total. The molecular weight excluding hydrogens is 218 g/mol. The largest absolute Gasteiger partial charge is 0.387 e. The van der Waals surface area contributed by atoms with Crippen LogP contribution in [0.2, 0.25) is 0 Å². The van der Waals surface area contributed by atoms with Crippen molar-refractivity contribution >= 4 is 41.4 Å². The predicted molar refractivity (Wildman–Crippen MR) is 54.4 cm³/mol. The summed E-state index contributed by atoms with van der Waals surface area (Å²) >= 11 is 12.0. The highest BCUT2D eigenvalue weighted by atomic mass is 35.5. The highest BCUT2D eigenvalue weighted by Gasteiger charge is 2.67. The summed E-state index contributed by atoms with van der Waals surface area (Å²) in [4.78, 5) is 4.19. The van der Waals surface area contributed by atoms with Crippen LogP contribution in [0.25, 0.3) is 0 Å². The molecule has 1 aliphatic heterocycles. The minimum Gasteiger partial charge on any atom is -0.387 e. The first-order valence-electron chi connectivity index (χ1n) is 3.73. The van der Waals surface area contributed by atoms with E-state index >= 15 is 0 Å². The van der Waals surface area contributed by atoms with Gasteiger partial charge in [0.15, 0.2) is 0 Å². The van der Waals surface area contributed by atoms with Crippen molar-refractivity contribution in [1.29, 1.82) is 0 Å². The Kier molecular flexibility index (Phi) is 2.54. The maximum absolute atomic E-state index is 5.98. The third kappa shape index (κ3) is 1.30. The van der Waals surface area contributed by atoms with Crippen LogP contribution in [0.15, 0.2) is 4.99 Å². The number of nitrogens with zero attached hydrogens (tertiary/aromatic N) is 1. The van der Waals surface area contributed by atoms with Gasteiger partial charge in [0.05, 0.1) is 11.9 Å². The Morgan fingerprint density at radius 1 is 1.58 bits per heavy atom. The van der Waals surface area contributed by atoms with E-state index in [4.69, 9.17) is 28.9 Å². The van der Waals surface area contributed by atoms with Crippen molar-refractivity contribution in [1.82, 2.24) is 0 Å². The molecule has 0 radical (unpaired) electrons. The summed E-state index contributed by atoms with van der Waals surface area (Å²) in [6.07, 6.45) is 0.836. The van der Waals surface area contributed by atoms with Crippen LogP contribution < -0.4 is 5.73 Å². The Balaban J connectivity index is 0.000000720. The van der Waals surface area contributed by atoms with Crippen LogP contribution >= 0.6 is 35.6 Å². The number of fused-ring (bicyclic) bond motifs is 1. The Hall–Kier alpha value is 0.340. The minimum atomic E-state index is -0.624. The monoisotopic (exact) mass is 228 g/mol. The molecule has 0 aromatic carbocycles. The van der Waals surface area contributed by atoms with Crippen molar-refractivity contribution in [3.05, 3.63) is 0 Å². The second kappa shape index (κ2) is 2.93. The molecule has 3 atom stereocenters. The Bertz CT molecular complexity index is 227. The van der Waals surface area contributed by atoms with E-state index in [2.05, 4.69) is 11.9 Å². The number of halogens is 3. The van der Waals surface area contributed by atoms with Gasteiger partial charge < -0.3 is 5.73 Å². The maximum atomic E-state index is 5.98. The van der Waals surface area contributed by atoms with Crippen LogP contribution in [0, 0.1) is 11.8 Å². The molecule has 1 aliphatic carbocycles. The molecule has 0 aromatic rings. The molecule has 5 heteroatoms. The van der Waals surface area contributed by atoms with Crippen LogP contribution in [0.3, 0.4) is 0 Å². The number of alkyl halides is 2. The zero-order chi connectivity index (χ0) is 8.22. The summed E-state index contributed by atoms with van der Waals surface area (Å²) in [5.74, 6) is 1.51. The normalized spacial score (nSPS) is 42.2. The lowest BCUT2D eigenvalue weighted by Gasteiger charge is -2.13. The van der Waals surface area contributed by atoms with E-state index in [9.17, 15) is 0 Å². The van der Waals surface area contributed by atoms with Crippen LogP contribution in [0.4, 0.5) is 0 Å². The highest BCUT2D eigenvalue weighted by molar-refractivity contribution is 6.52. The molecule has 70 valence electrons. The Labute approximate surface area is 87.9 Å². The average Bonchev–Trinajstić information content (AvgIpc) is 2.34. The lowest BCUT2D eigenvalue weighted by atomic mass is 9.99. The Morgan fingerprint density at radius 3 is 2.67 bits per heavy atom. The molecule has 0 saturated heterocycles. The van der Waals surface area contributed by atoms with Gasteiger partial charge in [-0.05, 0) is 5.92 Å². The van der Waals surface area contributed by atoms with E-state index in [0.717, 1.165) is 6.42 Å². The summed E-state index contributed by atoms with van der Waals surface area (Å²) < 4.78 is -0.624. The molecule has 0 aromatic heterocycles. The summed E-state index contributed by atoms with van der Waals surface area (Å²) in [6, 6.07) is 0.0644. The van der Waals surface area contributed by atoms with E-state index in [-0.39, 0.29) is 18.4 Å². The third-order valence-electron chi connectivity index (χ3n) is 2.52. The topological polar surface area (TPSA) is 38.4 Å². The molecule has 12 heavy (non-hydrogen) atoms. The summed E-state index contributed by atoms with van der Waals surface area (Å²) in [5.41, 5.74) is 5.60. The van der Waals surface area contributed by atoms with E-state index < -0.39 is 4.33 Å². The van der Waals surface area contributed by atoms with Crippen LogP contribution in [0.1, 0.15) is 13.3 Å². The molecule has 2 rings (SSSR count). The van der Waals surface area contributed by atoms with E-state index in [1.807, 2.05) is 0 Å². The predicted octanol–water partition coefficient (Wildman–Crippen LogP) is 1.98. The Morgan fingerprint density at radius 2 is 2.17 bits per heavy atom. The van der Waals surface area contributed by atoms with Crippen molar-refractivity contribution < 1.29 is 0 Å². The second-order valence-electron chi connectivity index (χ2n) is 3.45. The van der Waals surface area contributed by atoms with Gasteiger partial charge in [-0.25, -0.2) is 0 Å². The van der Waals surface area contributed by atoms with Gasteiger partial charge in [-0.3, -0.25) is 4.99 Å². The molecule has 1 heterocycles. The molecule has 1 saturated carbocycles. The lowest BCUT2D eigenvalue weighted by molar-refractivity contribution is 0.495. The van der Waals surface area contributed by atoms with Gasteiger partial charge in [0, 0.05) is 12.3 Å². The average molecular weight is 230 g/mol. The van der Waals surface area contributed by atoms with E-state index in [1.165, 1.54) is 0 Å². The van der Waals surface area contributed by atoms with Crippen molar-refractivity contribution in [2.24, 2.45) is 22.6 Å². The number of hydrogen-bond donors (Lipinski definition) is 1. The number of hydrogen-bond acceptors (Lipinski definition) is 2. The fourth-order valence-corrected chi connectivity index (χ4v) is 2.79. The quantitative estimate of drug-likeness (QED) is 0.634. The maximum Gasteiger partial charge on any atom is 0.146 e. The molecule has 2 aliphatic rings. The smallest absolute Gasteiger partial charge is 0.146 e. The molecule has 2 N–H and O–H groups in total. The molecule has 0 amide bonds. The van der Waals surface area contributed by atoms with Crippen LogP contribution in [-0.2, 0) is 0 Å². The zero-order valence-electron chi connectivity index (χ0n) is 6.63. The first-order chi connectivity index (χ1) is 5.03. The first kappa shape index (κ1) is 10.4. The molecule has 0 spiro atoms. The van der Waals surface area contributed by atoms with Gasteiger partial charge in [-0.15, -0.1) is 12.4 Å². The van der Waals surface area contributed by atoms with Crippen molar-refractivity contribution in [2.45, 2.75) is 23.7 Å². The van der Waals surface area contributed by atoms with Crippen molar-refractivity contribution in [3.63, 3.8) is 0 Å². The molecule has 1 unspecified atom stereocenters. The highest BCUT2D eigenvalue weighted by Crippen LogP contribution is 2.61. The van der Waals surface area contributed by atoms with Gasteiger partial charge in [-0.1, -0.05) is 30.1 Å². The van der Waals surface area contributed by atoms with Crippen LogP contribution in [0.5, 0.6) is 0 Å². The van der Waals surface area contributed by atoms with Crippen LogP contribution in [-0.4, -0.2) is 16.2 Å². The number of nitrogens with two attached hydrogens (primary N) is 1. The molecule has 0 bridgehead atoms. The van der Waals surface area contributed by atoms with Gasteiger partial charge in [0.25, 0.3) is 0 Å².